The van der Waals surface area contributed by atoms with E-state index in [-0.39, 0.29) is 11.6 Å². The maximum atomic E-state index is 12.1. The first-order valence-corrected chi connectivity index (χ1v) is 7.80. The lowest BCUT2D eigenvalue weighted by molar-refractivity contribution is 0.258. The van der Waals surface area contributed by atoms with Crippen molar-refractivity contribution in [2.45, 2.75) is 24.3 Å². The molecule has 2 aromatic rings. The molecule has 0 atom stereocenters. The van der Waals surface area contributed by atoms with E-state index in [1.165, 1.54) is 24.9 Å². The Hall–Kier alpha value is -1.73. The first-order valence-electron chi connectivity index (χ1n) is 6.15. The van der Waals surface area contributed by atoms with Gasteiger partial charge in [-0.1, -0.05) is 18.2 Å². The number of benzene rings is 1. The van der Waals surface area contributed by atoms with Gasteiger partial charge in [-0.05, 0) is 26.0 Å². The van der Waals surface area contributed by atoms with Crippen molar-refractivity contribution in [3.63, 3.8) is 0 Å². The molecule has 20 heavy (non-hydrogen) atoms. The van der Waals surface area contributed by atoms with Crippen LogP contribution in [0.3, 0.4) is 0 Å². The number of para-hydroxylation sites is 1. The predicted octanol–water partition coefficient (Wildman–Crippen LogP) is 0.953. The first-order chi connectivity index (χ1) is 9.36. The molecule has 6 nitrogen and oxygen atoms in total. The zero-order chi connectivity index (χ0) is 14.8. The van der Waals surface area contributed by atoms with Gasteiger partial charge in [0.2, 0.25) is 0 Å². The maximum Gasteiger partial charge on any atom is 0.166 e. The van der Waals surface area contributed by atoms with Gasteiger partial charge >= 0.3 is 0 Å². The summed E-state index contributed by atoms with van der Waals surface area (Å²) in [4.78, 5) is 4.02. The summed E-state index contributed by atoms with van der Waals surface area (Å²) >= 11 is 0. The Morgan fingerprint density at radius 2 is 1.90 bits per heavy atom. The van der Waals surface area contributed by atoms with E-state index < -0.39 is 21.2 Å². The standard InChI is InChI=1S/C13H17N3O3S/c1-13(2,9-17)20(18,19)8-12-14-10-16(15-12)11-6-4-3-5-7-11/h3-7,10,17H,8-9H2,1-2H3. The van der Waals surface area contributed by atoms with E-state index in [4.69, 9.17) is 5.11 Å². The third-order valence-electron chi connectivity index (χ3n) is 3.10. The number of aromatic nitrogens is 3. The van der Waals surface area contributed by atoms with Crippen molar-refractivity contribution >= 4 is 9.84 Å². The van der Waals surface area contributed by atoms with E-state index in [1.54, 1.807) is 0 Å². The summed E-state index contributed by atoms with van der Waals surface area (Å²) in [6.45, 7) is 2.53. The van der Waals surface area contributed by atoms with Crippen LogP contribution in [-0.4, -0.2) is 39.6 Å². The van der Waals surface area contributed by atoms with Crippen molar-refractivity contribution in [1.29, 1.82) is 0 Å². The molecule has 1 aromatic heterocycles. The number of aliphatic hydroxyl groups is 1. The largest absolute Gasteiger partial charge is 0.395 e. The first kappa shape index (κ1) is 14.7. The molecule has 0 aliphatic heterocycles. The molecule has 0 amide bonds. The highest BCUT2D eigenvalue weighted by atomic mass is 32.2. The van der Waals surface area contributed by atoms with Crippen LogP contribution >= 0.6 is 0 Å². The van der Waals surface area contributed by atoms with Gasteiger partial charge in [0.15, 0.2) is 15.7 Å². The van der Waals surface area contributed by atoms with Gasteiger partial charge in [-0.2, -0.15) is 5.10 Å². The zero-order valence-electron chi connectivity index (χ0n) is 11.4. The molecule has 108 valence electrons. The monoisotopic (exact) mass is 295 g/mol. The topological polar surface area (TPSA) is 85.1 Å². The molecule has 0 radical (unpaired) electrons. The molecule has 0 aliphatic rings. The second-order valence-electron chi connectivity index (χ2n) is 5.12. The molecule has 7 heteroatoms. The average molecular weight is 295 g/mol. The lowest BCUT2D eigenvalue weighted by Crippen LogP contribution is -2.37. The molecule has 0 fully saturated rings. The molecule has 0 aliphatic carbocycles. The van der Waals surface area contributed by atoms with Crippen molar-refractivity contribution in [2.24, 2.45) is 0 Å². The third-order valence-corrected chi connectivity index (χ3v) is 5.55. The van der Waals surface area contributed by atoms with E-state index in [2.05, 4.69) is 10.1 Å². The highest BCUT2D eigenvalue weighted by Crippen LogP contribution is 2.19. The number of aliphatic hydroxyl groups excluding tert-OH is 1. The summed E-state index contributed by atoms with van der Waals surface area (Å²) in [6, 6.07) is 9.31. The third kappa shape index (κ3) is 2.88. The zero-order valence-corrected chi connectivity index (χ0v) is 12.2. The summed E-state index contributed by atoms with van der Waals surface area (Å²) < 4.78 is 24.6. The number of sulfone groups is 1. The second-order valence-corrected chi connectivity index (χ2v) is 7.74. The van der Waals surface area contributed by atoms with Crippen LogP contribution in [0.15, 0.2) is 36.7 Å². The maximum absolute atomic E-state index is 12.1. The molecular formula is C13H17N3O3S. The lowest BCUT2D eigenvalue weighted by atomic mass is 10.2. The molecular weight excluding hydrogens is 278 g/mol. The summed E-state index contributed by atoms with van der Waals surface area (Å²) in [7, 11) is -3.52. The minimum absolute atomic E-state index is 0.218. The van der Waals surface area contributed by atoms with Gasteiger partial charge in [-0.25, -0.2) is 18.1 Å². The van der Waals surface area contributed by atoms with Crippen LogP contribution in [0, 0.1) is 0 Å². The number of rotatable bonds is 5. The normalized spacial score (nSPS) is 12.6. The van der Waals surface area contributed by atoms with E-state index >= 15 is 0 Å². The molecule has 1 aromatic carbocycles. The van der Waals surface area contributed by atoms with Gasteiger partial charge in [0, 0.05) is 0 Å². The van der Waals surface area contributed by atoms with Gasteiger partial charge < -0.3 is 5.11 Å². The molecule has 0 spiro atoms. The quantitative estimate of drug-likeness (QED) is 0.887. The smallest absolute Gasteiger partial charge is 0.166 e. The molecule has 0 saturated carbocycles. The fourth-order valence-corrected chi connectivity index (χ4v) is 2.59. The second kappa shape index (κ2) is 5.34. The Morgan fingerprint density at radius 1 is 1.25 bits per heavy atom. The minimum atomic E-state index is -3.52. The SMILES string of the molecule is CC(C)(CO)S(=O)(=O)Cc1ncn(-c2ccccc2)n1. The van der Waals surface area contributed by atoms with E-state index in [0.717, 1.165) is 5.69 Å². The van der Waals surface area contributed by atoms with Gasteiger partial charge in [0.25, 0.3) is 0 Å². The summed E-state index contributed by atoms with van der Waals surface area (Å²) in [5.74, 6) is -0.0733. The van der Waals surface area contributed by atoms with Gasteiger partial charge in [-0.3, -0.25) is 0 Å². The van der Waals surface area contributed by atoms with Crippen LogP contribution in [-0.2, 0) is 15.6 Å². The predicted molar refractivity (Wildman–Crippen MR) is 75.1 cm³/mol. The summed E-state index contributed by atoms with van der Waals surface area (Å²) in [5, 5.41) is 13.3. The van der Waals surface area contributed by atoms with Gasteiger partial charge in [0.05, 0.1) is 17.0 Å². The van der Waals surface area contributed by atoms with E-state index in [9.17, 15) is 8.42 Å². The van der Waals surface area contributed by atoms with Gasteiger partial charge in [-0.15, -0.1) is 0 Å². The average Bonchev–Trinajstić information content (AvgIpc) is 2.87. The Bertz CT molecular complexity index is 678. The van der Waals surface area contributed by atoms with Gasteiger partial charge in [0.1, 0.15) is 12.1 Å². The van der Waals surface area contributed by atoms with E-state index in [1.807, 2.05) is 30.3 Å². The van der Waals surface area contributed by atoms with Crippen molar-refractivity contribution in [1.82, 2.24) is 14.8 Å². The Morgan fingerprint density at radius 3 is 2.50 bits per heavy atom. The molecule has 0 unspecified atom stereocenters. The van der Waals surface area contributed by atoms with Crippen LogP contribution in [0.1, 0.15) is 19.7 Å². The van der Waals surface area contributed by atoms with Crippen LogP contribution in [0.2, 0.25) is 0 Å². The highest BCUT2D eigenvalue weighted by Gasteiger charge is 2.34. The fraction of sp³-hybridized carbons (Fsp3) is 0.385. The Labute approximate surface area is 118 Å². The lowest BCUT2D eigenvalue weighted by Gasteiger charge is -2.20. The Kier molecular flexibility index (Phi) is 3.92. The highest BCUT2D eigenvalue weighted by molar-refractivity contribution is 7.92. The number of hydrogen-bond acceptors (Lipinski definition) is 5. The number of hydrogen-bond donors (Lipinski definition) is 1. The number of nitrogens with zero attached hydrogens (tertiary/aromatic N) is 3. The van der Waals surface area contributed by atoms with E-state index in [0.29, 0.717) is 0 Å². The fourth-order valence-electron chi connectivity index (χ4n) is 1.53. The molecule has 2 rings (SSSR count). The van der Waals surface area contributed by atoms with Crippen LogP contribution < -0.4 is 0 Å². The molecule has 0 saturated heterocycles. The molecule has 1 heterocycles. The van der Waals surface area contributed by atoms with Crippen molar-refractivity contribution in [3.05, 3.63) is 42.5 Å². The molecule has 0 bridgehead atoms. The van der Waals surface area contributed by atoms with Crippen LogP contribution in [0.5, 0.6) is 0 Å². The van der Waals surface area contributed by atoms with Crippen LogP contribution in [0.25, 0.3) is 5.69 Å². The van der Waals surface area contributed by atoms with Crippen molar-refractivity contribution in [2.75, 3.05) is 6.61 Å². The van der Waals surface area contributed by atoms with Crippen molar-refractivity contribution < 1.29 is 13.5 Å². The Balaban J connectivity index is 2.23. The van der Waals surface area contributed by atoms with Crippen LogP contribution in [0.4, 0.5) is 0 Å². The van der Waals surface area contributed by atoms with Crippen molar-refractivity contribution in [3.8, 4) is 5.69 Å². The molecule has 1 N–H and O–H groups in total. The summed E-state index contributed by atoms with van der Waals surface area (Å²) in [6.07, 6.45) is 1.48. The summed E-state index contributed by atoms with van der Waals surface area (Å²) in [5.41, 5.74) is 0.810. The minimum Gasteiger partial charge on any atom is -0.395 e.